The van der Waals surface area contributed by atoms with Gasteiger partial charge in [-0.1, -0.05) is 23.7 Å². The van der Waals surface area contributed by atoms with Gasteiger partial charge in [0.25, 0.3) is 0 Å². The van der Waals surface area contributed by atoms with E-state index in [9.17, 15) is 17.6 Å². The number of hydrogen-bond acceptors (Lipinski definition) is 2. The quantitative estimate of drug-likeness (QED) is 0.614. The number of hydrogen-bond donors (Lipinski definition) is 0. The highest BCUT2D eigenvalue weighted by atomic mass is 35.5. The fourth-order valence-corrected chi connectivity index (χ4v) is 1.87. The molecule has 2 rings (SSSR count). The van der Waals surface area contributed by atoms with Crippen LogP contribution < -0.4 is 0 Å². The molecule has 2 nitrogen and oxygen atoms in total. The van der Waals surface area contributed by atoms with E-state index in [2.05, 4.69) is 9.97 Å². The van der Waals surface area contributed by atoms with Crippen molar-refractivity contribution in [3.05, 3.63) is 34.7 Å². The maximum Gasteiger partial charge on any atom is 0.365 e. The third kappa shape index (κ3) is 2.01. The number of nitrogens with zero attached hydrogens (tertiary/aromatic N) is 2. The van der Waals surface area contributed by atoms with E-state index in [1.165, 1.54) is 6.07 Å². The van der Waals surface area contributed by atoms with Crippen molar-refractivity contribution in [2.24, 2.45) is 0 Å². The Labute approximate surface area is 105 Å². The molecule has 0 N–H and O–H groups in total. The second-order valence-electron chi connectivity index (χ2n) is 3.73. The summed E-state index contributed by atoms with van der Waals surface area (Å²) >= 11 is 5.75. The Hall–Kier alpha value is -1.43. The van der Waals surface area contributed by atoms with Crippen LogP contribution in [-0.2, 0) is 5.92 Å². The van der Waals surface area contributed by atoms with Gasteiger partial charge in [-0.3, -0.25) is 0 Å². The van der Waals surface area contributed by atoms with Crippen molar-refractivity contribution in [3.63, 3.8) is 0 Å². The third-order valence-corrected chi connectivity index (χ3v) is 2.73. The molecule has 2 aromatic rings. The Bertz CT molecular complexity index is 601. The van der Waals surface area contributed by atoms with E-state index >= 15 is 0 Å². The molecule has 0 aliphatic carbocycles. The summed E-state index contributed by atoms with van der Waals surface area (Å²) in [5.41, 5.74) is 0.801. The molecule has 0 aliphatic rings. The summed E-state index contributed by atoms with van der Waals surface area (Å²) in [7, 11) is 0. The Morgan fingerprint density at radius 2 is 1.89 bits per heavy atom. The predicted octanol–water partition coefficient (Wildman–Crippen LogP) is 3.95. The number of aromatic nitrogens is 2. The summed E-state index contributed by atoms with van der Waals surface area (Å²) < 4.78 is 50.8. The number of halogens is 5. The van der Waals surface area contributed by atoms with Gasteiger partial charge in [0.15, 0.2) is 0 Å². The van der Waals surface area contributed by atoms with Crippen LogP contribution in [0.3, 0.4) is 0 Å². The van der Waals surface area contributed by atoms with Crippen LogP contribution in [0.5, 0.6) is 0 Å². The van der Waals surface area contributed by atoms with Crippen molar-refractivity contribution in [2.75, 3.05) is 0 Å². The van der Waals surface area contributed by atoms with Crippen molar-refractivity contribution < 1.29 is 17.6 Å². The summed E-state index contributed by atoms with van der Waals surface area (Å²) in [5, 5.41) is 0.126. The lowest BCUT2D eigenvalue weighted by atomic mass is 10.1. The summed E-state index contributed by atoms with van der Waals surface area (Å²) in [6, 6.07) is 4.69. The molecule has 0 amide bonds. The highest BCUT2D eigenvalue weighted by Crippen LogP contribution is 2.34. The summed E-state index contributed by atoms with van der Waals surface area (Å²) in [4.78, 5) is 6.74. The smallest absolute Gasteiger partial charge is 0.227 e. The van der Waals surface area contributed by atoms with Gasteiger partial charge in [-0.05, 0) is 18.6 Å². The molecule has 0 aliphatic heterocycles. The standard InChI is InChI=1S/C11H7ClF4N2/c1-5-3-2-4-6-7(5)8(12)18-10(17-6)11(15,16)9(13)14/h2-4,9H,1H3. The van der Waals surface area contributed by atoms with Gasteiger partial charge in [0.05, 0.1) is 5.52 Å². The van der Waals surface area contributed by atoms with Gasteiger partial charge in [0, 0.05) is 5.39 Å². The third-order valence-electron chi connectivity index (χ3n) is 2.46. The van der Waals surface area contributed by atoms with Crippen molar-refractivity contribution >= 4 is 22.5 Å². The average Bonchev–Trinajstić information content (AvgIpc) is 2.28. The van der Waals surface area contributed by atoms with Crippen LogP contribution in [0.15, 0.2) is 18.2 Å². The molecule has 1 heterocycles. The second kappa shape index (κ2) is 4.35. The number of benzene rings is 1. The molecule has 0 atom stereocenters. The van der Waals surface area contributed by atoms with Crippen LogP contribution in [0.4, 0.5) is 17.6 Å². The van der Waals surface area contributed by atoms with Crippen molar-refractivity contribution in [2.45, 2.75) is 19.3 Å². The largest absolute Gasteiger partial charge is 0.365 e. The molecule has 0 radical (unpaired) electrons. The van der Waals surface area contributed by atoms with Gasteiger partial charge in [-0.15, -0.1) is 0 Å². The lowest BCUT2D eigenvalue weighted by molar-refractivity contribution is -0.140. The van der Waals surface area contributed by atoms with Gasteiger partial charge >= 0.3 is 12.3 Å². The zero-order valence-corrected chi connectivity index (χ0v) is 9.85. The summed E-state index contributed by atoms with van der Waals surface area (Å²) in [6.07, 6.45) is -3.88. The van der Waals surface area contributed by atoms with Crippen molar-refractivity contribution in [1.82, 2.24) is 9.97 Å². The normalized spacial score (nSPS) is 12.4. The lowest BCUT2D eigenvalue weighted by Crippen LogP contribution is -2.26. The first kappa shape index (κ1) is 13.0. The zero-order valence-electron chi connectivity index (χ0n) is 9.09. The molecule has 0 saturated heterocycles. The van der Waals surface area contributed by atoms with E-state index in [-0.39, 0.29) is 10.7 Å². The average molecular weight is 279 g/mol. The second-order valence-corrected chi connectivity index (χ2v) is 4.09. The molecule has 0 spiro atoms. The van der Waals surface area contributed by atoms with Gasteiger partial charge in [-0.2, -0.15) is 8.78 Å². The molecule has 18 heavy (non-hydrogen) atoms. The van der Waals surface area contributed by atoms with Gasteiger partial charge < -0.3 is 0 Å². The number of aryl methyl sites for hydroxylation is 1. The maximum absolute atomic E-state index is 13.2. The lowest BCUT2D eigenvalue weighted by Gasteiger charge is -2.14. The number of alkyl halides is 4. The van der Waals surface area contributed by atoms with Gasteiger partial charge in [0.1, 0.15) is 5.15 Å². The monoisotopic (exact) mass is 278 g/mol. The maximum atomic E-state index is 13.2. The van der Waals surface area contributed by atoms with E-state index in [4.69, 9.17) is 11.6 Å². The fourth-order valence-electron chi connectivity index (χ4n) is 1.55. The molecule has 0 unspecified atom stereocenters. The molecular weight excluding hydrogens is 272 g/mol. The Morgan fingerprint density at radius 1 is 1.22 bits per heavy atom. The van der Waals surface area contributed by atoms with Crippen LogP contribution in [0, 0.1) is 6.92 Å². The first-order valence-corrected chi connectivity index (χ1v) is 5.31. The van der Waals surface area contributed by atoms with E-state index in [1.807, 2.05) is 0 Å². The molecular formula is C11H7ClF4N2. The minimum absolute atomic E-state index is 0.116. The van der Waals surface area contributed by atoms with Crippen LogP contribution in [0.25, 0.3) is 10.9 Å². The highest BCUT2D eigenvalue weighted by Gasteiger charge is 2.46. The van der Waals surface area contributed by atoms with E-state index < -0.39 is 18.2 Å². The molecule has 7 heteroatoms. The molecule has 96 valence electrons. The Kier molecular flexibility index (Phi) is 3.14. The van der Waals surface area contributed by atoms with E-state index in [0.717, 1.165) is 0 Å². The van der Waals surface area contributed by atoms with E-state index in [1.54, 1.807) is 19.1 Å². The van der Waals surface area contributed by atoms with Crippen LogP contribution in [-0.4, -0.2) is 16.4 Å². The van der Waals surface area contributed by atoms with E-state index in [0.29, 0.717) is 10.9 Å². The molecule has 0 bridgehead atoms. The summed E-state index contributed by atoms with van der Waals surface area (Å²) in [5.74, 6) is -5.68. The van der Waals surface area contributed by atoms with Crippen LogP contribution in [0.1, 0.15) is 11.4 Å². The molecule has 1 aromatic carbocycles. The zero-order chi connectivity index (χ0) is 13.5. The topological polar surface area (TPSA) is 25.8 Å². The van der Waals surface area contributed by atoms with Crippen molar-refractivity contribution in [1.29, 1.82) is 0 Å². The Morgan fingerprint density at radius 3 is 2.50 bits per heavy atom. The molecule has 0 fully saturated rings. The van der Waals surface area contributed by atoms with Crippen LogP contribution in [0.2, 0.25) is 5.15 Å². The van der Waals surface area contributed by atoms with Crippen molar-refractivity contribution in [3.8, 4) is 0 Å². The number of rotatable bonds is 2. The summed E-state index contributed by atoms with van der Waals surface area (Å²) in [6.45, 7) is 1.70. The van der Waals surface area contributed by atoms with Crippen LogP contribution >= 0.6 is 11.6 Å². The number of fused-ring (bicyclic) bond motifs is 1. The first-order valence-electron chi connectivity index (χ1n) is 4.93. The molecule has 1 aromatic heterocycles. The molecule has 0 saturated carbocycles. The minimum Gasteiger partial charge on any atom is -0.227 e. The highest BCUT2D eigenvalue weighted by molar-refractivity contribution is 6.34. The fraction of sp³-hybridized carbons (Fsp3) is 0.273. The SMILES string of the molecule is Cc1cccc2nc(C(F)(F)C(F)F)nc(Cl)c12. The first-order chi connectivity index (χ1) is 8.34. The van der Waals surface area contributed by atoms with Gasteiger partial charge in [-0.25, -0.2) is 18.7 Å². The Balaban J connectivity index is 2.71. The van der Waals surface area contributed by atoms with Gasteiger partial charge in [0.2, 0.25) is 5.82 Å². The minimum atomic E-state index is -4.42. The predicted molar refractivity (Wildman–Crippen MR) is 59.2 cm³/mol.